The van der Waals surface area contributed by atoms with E-state index < -0.39 is 12.1 Å². The highest BCUT2D eigenvalue weighted by Crippen LogP contribution is 2.22. The molecule has 13 heteroatoms. The monoisotopic (exact) mass is 471 g/mol. The van der Waals surface area contributed by atoms with E-state index in [1.807, 2.05) is 47.1 Å². The van der Waals surface area contributed by atoms with Crippen molar-refractivity contribution >= 4 is 12.0 Å². The topological polar surface area (TPSA) is 116 Å². The highest BCUT2D eigenvalue weighted by molar-refractivity contribution is 5.74. The van der Waals surface area contributed by atoms with E-state index in [4.69, 9.17) is 9.90 Å². The molecule has 10 nitrogen and oxygen atoms in total. The maximum atomic E-state index is 11.9. The number of piperidine rings is 1. The maximum Gasteiger partial charge on any atom is 0.490 e. The predicted molar refractivity (Wildman–Crippen MR) is 112 cm³/mol. The molecule has 2 N–H and O–H groups in total. The highest BCUT2D eigenvalue weighted by atomic mass is 19.4. The number of urea groups is 1. The van der Waals surface area contributed by atoms with Crippen LogP contribution in [-0.4, -0.2) is 79.7 Å². The molecule has 2 aromatic heterocycles. The molecule has 0 aliphatic carbocycles. The second-order valence-corrected chi connectivity index (χ2v) is 7.54. The minimum Gasteiger partial charge on any atom is -0.475 e. The van der Waals surface area contributed by atoms with Gasteiger partial charge in [0.05, 0.1) is 23.6 Å². The highest BCUT2D eigenvalue weighted by Gasteiger charge is 2.38. The SMILES string of the molecule is CCNC(=O)N1CCC(n2cc(CN(C)Cc3ccccn3)nn2)CC1.O=C(O)C(F)(F)F. The third-order valence-electron chi connectivity index (χ3n) is 4.84. The van der Waals surface area contributed by atoms with Gasteiger partial charge >= 0.3 is 18.2 Å². The molecule has 0 aromatic carbocycles. The normalized spacial score (nSPS) is 14.5. The van der Waals surface area contributed by atoms with Gasteiger partial charge in [0, 0.05) is 38.9 Å². The lowest BCUT2D eigenvalue weighted by molar-refractivity contribution is -0.192. The van der Waals surface area contributed by atoms with Crippen LogP contribution in [0.4, 0.5) is 18.0 Å². The number of rotatable bonds is 6. The van der Waals surface area contributed by atoms with Gasteiger partial charge in [0.2, 0.25) is 0 Å². The van der Waals surface area contributed by atoms with Crippen molar-refractivity contribution in [1.29, 1.82) is 0 Å². The number of hydrogen-bond donors (Lipinski definition) is 2. The molecule has 1 aliphatic heterocycles. The fourth-order valence-electron chi connectivity index (χ4n) is 3.26. The Morgan fingerprint density at radius 2 is 1.85 bits per heavy atom. The maximum absolute atomic E-state index is 11.9. The molecule has 2 amide bonds. The van der Waals surface area contributed by atoms with E-state index >= 15 is 0 Å². The number of nitrogens with zero attached hydrogens (tertiary/aromatic N) is 6. The summed E-state index contributed by atoms with van der Waals surface area (Å²) in [7, 11) is 2.05. The first-order valence-electron chi connectivity index (χ1n) is 10.4. The van der Waals surface area contributed by atoms with Gasteiger partial charge in [0.1, 0.15) is 0 Å². The van der Waals surface area contributed by atoms with E-state index in [-0.39, 0.29) is 6.03 Å². The average molecular weight is 471 g/mol. The first-order chi connectivity index (χ1) is 15.6. The Hall–Kier alpha value is -3.22. The smallest absolute Gasteiger partial charge is 0.475 e. The summed E-state index contributed by atoms with van der Waals surface area (Å²) in [6, 6.07) is 6.28. The molecule has 1 aliphatic rings. The van der Waals surface area contributed by atoms with E-state index in [9.17, 15) is 18.0 Å². The fraction of sp³-hybridized carbons (Fsp3) is 0.550. The van der Waals surface area contributed by atoms with Gasteiger partial charge in [0.25, 0.3) is 0 Å². The summed E-state index contributed by atoms with van der Waals surface area (Å²) in [5, 5.41) is 18.6. The summed E-state index contributed by atoms with van der Waals surface area (Å²) < 4.78 is 33.7. The Bertz CT molecular complexity index is 885. The molecule has 0 atom stereocenters. The zero-order valence-electron chi connectivity index (χ0n) is 18.5. The van der Waals surface area contributed by atoms with Crippen LogP contribution in [0, 0.1) is 0 Å². The molecule has 2 aromatic rings. The zero-order valence-corrected chi connectivity index (χ0v) is 18.5. The number of aliphatic carboxylic acids is 1. The molecule has 33 heavy (non-hydrogen) atoms. The Morgan fingerprint density at radius 1 is 1.21 bits per heavy atom. The Balaban J connectivity index is 0.000000479. The lowest BCUT2D eigenvalue weighted by atomic mass is 10.1. The Labute approximate surface area is 189 Å². The lowest BCUT2D eigenvalue weighted by Crippen LogP contribution is -2.44. The van der Waals surface area contributed by atoms with Crippen LogP contribution in [0.15, 0.2) is 30.6 Å². The molecule has 1 saturated heterocycles. The zero-order chi connectivity index (χ0) is 24.4. The quantitative estimate of drug-likeness (QED) is 0.664. The van der Waals surface area contributed by atoms with Crippen molar-refractivity contribution in [2.45, 2.75) is 45.1 Å². The molecule has 0 radical (unpaired) electrons. The van der Waals surface area contributed by atoms with Gasteiger partial charge in [0.15, 0.2) is 0 Å². The summed E-state index contributed by atoms with van der Waals surface area (Å²) in [4.78, 5) is 29.2. The Kier molecular flexibility index (Phi) is 9.57. The van der Waals surface area contributed by atoms with Crippen LogP contribution in [0.5, 0.6) is 0 Å². The van der Waals surface area contributed by atoms with Gasteiger partial charge in [-0.25, -0.2) is 14.3 Å². The number of likely N-dealkylation sites (tertiary alicyclic amines) is 1. The van der Waals surface area contributed by atoms with Crippen molar-refractivity contribution in [1.82, 2.24) is 35.1 Å². The van der Waals surface area contributed by atoms with Crippen molar-refractivity contribution in [2.75, 3.05) is 26.7 Å². The number of hydrogen-bond acceptors (Lipinski definition) is 6. The molecular weight excluding hydrogens is 443 g/mol. The van der Waals surface area contributed by atoms with Crippen LogP contribution >= 0.6 is 0 Å². The number of alkyl halides is 3. The number of nitrogens with one attached hydrogen (secondary N) is 1. The van der Waals surface area contributed by atoms with Crippen LogP contribution in [0.3, 0.4) is 0 Å². The van der Waals surface area contributed by atoms with Gasteiger partial charge < -0.3 is 15.3 Å². The van der Waals surface area contributed by atoms with E-state index in [1.165, 1.54) is 0 Å². The van der Waals surface area contributed by atoms with Gasteiger partial charge in [-0.1, -0.05) is 11.3 Å². The summed E-state index contributed by atoms with van der Waals surface area (Å²) in [6.45, 7) is 5.62. The van der Waals surface area contributed by atoms with Crippen molar-refractivity contribution < 1.29 is 27.9 Å². The number of carboxylic acids is 1. The number of carbonyl (C=O) groups is 2. The van der Waals surface area contributed by atoms with Crippen molar-refractivity contribution in [2.24, 2.45) is 0 Å². The minimum atomic E-state index is -5.08. The fourth-order valence-corrected chi connectivity index (χ4v) is 3.26. The number of amides is 2. The molecule has 0 spiro atoms. The summed E-state index contributed by atoms with van der Waals surface area (Å²) >= 11 is 0. The number of pyridine rings is 1. The molecule has 182 valence electrons. The number of halogens is 3. The molecular formula is C20H28F3N7O3. The van der Waals surface area contributed by atoms with Crippen LogP contribution in [0.25, 0.3) is 0 Å². The van der Waals surface area contributed by atoms with Gasteiger partial charge in [-0.2, -0.15) is 13.2 Å². The van der Waals surface area contributed by atoms with Crippen molar-refractivity contribution in [3.63, 3.8) is 0 Å². The van der Waals surface area contributed by atoms with Gasteiger partial charge in [-0.15, -0.1) is 5.10 Å². The molecule has 0 saturated carbocycles. The van der Waals surface area contributed by atoms with Crippen LogP contribution < -0.4 is 5.32 Å². The Morgan fingerprint density at radius 3 is 2.39 bits per heavy atom. The number of carbonyl (C=O) groups excluding carboxylic acids is 1. The standard InChI is InChI=1S/C18H27N7O.C2HF3O2/c1-3-19-18(26)24-10-7-17(8-11-24)25-14-16(21-22-25)13-23(2)12-15-6-4-5-9-20-15;3-2(4,5)1(6)7/h4-6,9,14,17H,3,7-8,10-13H2,1-2H3,(H,19,26);(H,6,7). The molecule has 0 unspecified atom stereocenters. The van der Waals surface area contributed by atoms with Crippen LogP contribution in [-0.2, 0) is 17.9 Å². The largest absolute Gasteiger partial charge is 0.490 e. The molecule has 1 fully saturated rings. The van der Waals surface area contributed by atoms with E-state index in [0.29, 0.717) is 12.6 Å². The van der Waals surface area contributed by atoms with E-state index in [0.717, 1.165) is 50.4 Å². The third-order valence-corrected chi connectivity index (χ3v) is 4.84. The van der Waals surface area contributed by atoms with Crippen LogP contribution in [0.2, 0.25) is 0 Å². The van der Waals surface area contributed by atoms with Gasteiger partial charge in [-0.3, -0.25) is 9.88 Å². The van der Waals surface area contributed by atoms with Gasteiger partial charge in [-0.05, 0) is 38.9 Å². The minimum absolute atomic E-state index is 0.0291. The second-order valence-electron chi connectivity index (χ2n) is 7.54. The van der Waals surface area contributed by atoms with E-state index in [2.05, 4.69) is 32.6 Å². The van der Waals surface area contributed by atoms with Crippen molar-refractivity contribution in [3.05, 3.63) is 42.0 Å². The lowest BCUT2D eigenvalue weighted by Gasteiger charge is -2.31. The first-order valence-corrected chi connectivity index (χ1v) is 10.4. The first kappa shape index (κ1) is 26.0. The number of aromatic nitrogens is 4. The molecule has 3 heterocycles. The molecule has 0 bridgehead atoms. The summed E-state index contributed by atoms with van der Waals surface area (Å²) in [6.07, 6.45) is 0.571. The average Bonchev–Trinajstić information content (AvgIpc) is 3.23. The van der Waals surface area contributed by atoms with Crippen LogP contribution in [0.1, 0.15) is 37.2 Å². The summed E-state index contributed by atoms with van der Waals surface area (Å²) in [5.41, 5.74) is 2.00. The predicted octanol–water partition coefficient (Wildman–Crippen LogP) is 2.30. The summed E-state index contributed by atoms with van der Waals surface area (Å²) in [5.74, 6) is -2.76. The molecule has 3 rings (SSSR count). The van der Waals surface area contributed by atoms with Crippen molar-refractivity contribution in [3.8, 4) is 0 Å². The number of carboxylic acid groups (broad SMARTS) is 1. The van der Waals surface area contributed by atoms with E-state index in [1.54, 1.807) is 0 Å². The second kappa shape index (κ2) is 12.1. The third kappa shape index (κ3) is 8.67.